The van der Waals surface area contributed by atoms with E-state index < -0.39 is 11.8 Å². The van der Waals surface area contributed by atoms with Gasteiger partial charge in [0.2, 0.25) is 0 Å². The Balaban J connectivity index is 1.96. The van der Waals surface area contributed by atoms with Crippen LogP contribution in [0, 0.1) is 0 Å². The number of nitrogens with one attached hydrogen (secondary N) is 1. The number of nitrogens with zero attached hydrogens (tertiary/aromatic N) is 1. The fourth-order valence-corrected chi connectivity index (χ4v) is 3.39. The SMILES string of the molecule is COc1ccc(/C=C2\C(=O)NC(=S)N(c3ccc(C(C)C)cc3)C2=O)cc1Cl. The van der Waals surface area contributed by atoms with Crippen LogP contribution in [0.3, 0.4) is 0 Å². The molecule has 0 atom stereocenters. The summed E-state index contributed by atoms with van der Waals surface area (Å²) in [6.45, 7) is 4.18. The molecule has 1 saturated heterocycles. The first-order valence-corrected chi connectivity index (χ1v) is 9.45. The molecule has 7 heteroatoms. The summed E-state index contributed by atoms with van der Waals surface area (Å²) in [4.78, 5) is 26.7. The number of hydrogen-bond donors (Lipinski definition) is 1. The first-order valence-electron chi connectivity index (χ1n) is 8.66. The molecule has 0 spiro atoms. The maximum absolute atomic E-state index is 13.0. The van der Waals surface area contributed by atoms with Crippen LogP contribution in [0.2, 0.25) is 5.02 Å². The topological polar surface area (TPSA) is 58.6 Å². The van der Waals surface area contributed by atoms with Gasteiger partial charge in [-0.25, -0.2) is 0 Å². The lowest BCUT2D eigenvalue weighted by atomic mass is 10.0. The van der Waals surface area contributed by atoms with Gasteiger partial charge in [-0.05, 0) is 59.6 Å². The highest BCUT2D eigenvalue weighted by Gasteiger charge is 2.34. The number of benzene rings is 2. The van der Waals surface area contributed by atoms with Crippen molar-refractivity contribution in [2.24, 2.45) is 0 Å². The maximum Gasteiger partial charge on any atom is 0.270 e. The smallest absolute Gasteiger partial charge is 0.270 e. The van der Waals surface area contributed by atoms with Crippen LogP contribution in [0.5, 0.6) is 5.75 Å². The van der Waals surface area contributed by atoms with Crippen LogP contribution in [0.15, 0.2) is 48.0 Å². The lowest BCUT2D eigenvalue weighted by Gasteiger charge is -2.29. The van der Waals surface area contributed by atoms with Crippen LogP contribution in [-0.4, -0.2) is 24.0 Å². The van der Waals surface area contributed by atoms with Crippen molar-refractivity contribution in [3.63, 3.8) is 0 Å². The van der Waals surface area contributed by atoms with Crippen LogP contribution in [-0.2, 0) is 9.59 Å². The number of carbonyl (C=O) groups is 2. The predicted molar refractivity (Wildman–Crippen MR) is 115 cm³/mol. The molecule has 0 aliphatic carbocycles. The Morgan fingerprint density at radius 3 is 2.39 bits per heavy atom. The first-order chi connectivity index (χ1) is 13.3. The number of anilines is 1. The predicted octanol–water partition coefficient (Wildman–Crippen LogP) is 4.30. The Kier molecular flexibility index (Phi) is 5.82. The largest absolute Gasteiger partial charge is 0.495 e. The van der Waals surface area contributed by atoms with Crippen LogP contribution >= 0.6 is 23.8 Å². The van der Waals surface area contributed by atoms with Crippen molar-refractivity contribution in [3.8, 4) is 5.75 Å². The van der Waals surface area contributed by atoms with E-state index in [2.05, 4.69) is 19.2 Å². The van der Waals surface area contributed by atoms with Gasteiger partial charge >= 0.3 is 0 Å². The molecule has 144 valence electrons. The number of methoxy groups -OCH3 is 1. The van der Waals surface area contributed by atoms with E-state index in [0.29, 0.717) is 27.9 Å². The van der Waals surface area contributed by atoms with E-state index >= 15 is 0 Å². The first kappa shape index (κ1) is 20.0. The van der Waals surface area contributed by atoms with Gasteiger partial charge in [-0.1, -0.05) is 43.6 Å². The second-order valence-electron chi connectivity index (χ2n) is 6.60. The van der Waals surface area contributed by atoms with Crippen molar-refractivity contribution < 1.29 is 14.3 Å². The minimum atomic E-state index is -0.544. The fraction of sp³-hybridized carbons (Fsp3) is 0.190. The molecule has 2 aromatic rings. The summed E-state index contributed by atoms with van der Waals surface area (Å²) in [5, 5.41) is 3.01. The van der Waals surface area contributed by atoms with E-state index in [1.165, 1.54) is 18.1 Å². The number of carbonyl (C=O) groups excluding carboxylic acids is 2. The summed E-state index contributed by atoms with van der Waals surface area (Å²) in [6, 6.07) is 12.5. The van der Waals surface area contributed by atoms with Gasteiger partial charge in [0.25, 0.3) is 11.8 Å². The molecule has 3 rings (SSSR count). The molecule has 5 nitrogen and oxygen atoms in total. The Morgan fingerprint density at radius 2 is 1.82 bits per heavy atom. The highest BCUT2D eigenvalue weighted by molar-refractivity contribution is 7.80. The second-order valence-corrected chi connectivity index (χ2v) is 7.39. The van der Waals surface area contributed by atoms with Crippen molar-refractivity contribution in [2.75, 3.05) is 12.0 Å². The number of hydrogen-bond acceptors (Lipinski definition) is 4. The maximum atomic E-state index is 13.0. The molecule has 0 aromatic heterocycles. The van der Waals surface area contributed by atoms with Gasteiger partial charge in [-0.15, -0.1) is 0 Å². The van der Waals surface area contributed by atoms with Crippen LogP contribution in [0.4, 0.5) is 5.69 Å². The standard InChI is InChI=1S/C21H19ClN2O3S/c1-12(2)14-5-7-15(8-6-14)24-20(26)16(19(25)23-21(24)28)10-13-4-9-18(27-3)17(22)11-13/h4-12H,1-3H3,(H,23,25,28)/b16-10+. The quantitative estimate of drug-likeness (QED) is 0.460. The zero-order valence-corrected chi connectivity index (χ0v) is 17.2. The lowest BCUT2D eigenvalue weighted by molar-refractivity contribution is -0.122. The third kappa shape index (κ3) is 3.93. The molecule has 1 N–H and O–H groups in total. The molecule has 1 heterocycles. The van der Waals surface area contributed by atoms with Gasteiger partial charge in [0.1, 0.15) is 11.3 Å². The molecule has 1 fully saturated rings. The Bertz CT molecular complexity index is 984. The van der Waals surface area contributed by atoms with Gasteiger partial charge < -0.3 is 4.74 Å². The summed E-state index contributed by atoms with van der Waals surface area (Å²) >= 11 is 11.4. The van der Waals surface area contributed by atoms with Gasteiger partial charge in [0.15, 0.2) is 5.11 Å². The normalized spacial score (nSPS) is 16.0. The van der Waals surface area contributed by atoms with E-state index in [0.717, 1.165) is 5.56 Å². The molecule has 0 saturated carbocycles. The summed E-state index contributed by atoms with van der Waals surface area (Å²) in [5.41, 5.74) is 2.32. The number of rotatable bonds is 4. The molecular formula is C21H19ClN2O3S. The second kappa shape index (κ2) is 8.12. The van der Waals surface area contributed by atoms with E-state index in [1.54, 1.807) is 18.2 Å². The summed E-state index contributed by atoms with van der Waals surface area (Å²) in [5.74, 6) is -0.153. The average molecular weight is 415 g/mol. The molecule has 1 aliphatic rings. The van der Waals surface area contributed by atoms with Crippen molar-refractivity contribution in [1.29, 1.82) is 0 Å². The highest BCUT2D eigenvalue weighted by atomic mass is 35.5. The summed E-state index contributed by atoms with van der Waals surface area (Å²) < 4.78 is 5.12. The fourth-order valence-electron chi connectivity index (χ4n) is 2.84. The van der Waals surface area contributed by atoms with E-state index in [9.17, 15) is 9.59 Å². The minimum Gasteiger partial charge on any atom is -0.495 e. The molecule has 2 amide bonds. The van der Waals surface area contributed by atoms with Crippen LogP contribution in [0.25, 0.3) is 6.08 Å². The van der Waals surface area contributed by atoms with Gasteiger partial charge in [-0.3, -0.25) is 19.8 Å². The zero-order valence-electron chi connectivity index (χ0n) is 15.7. The summed E-state index contributed by atoms with van der Waals surface area (Å²) in [7, 11) is 1.51. The van der Waals surface area contributed by atoms with E-state index in [-0.39, 0.29) is 10.7 Å². The van der Waals surface area contributed by atoms with Crippen LogP contribution in [0.1, 0.15) is 30.9 Å². The number of ether oxygens (including phenoxy) is 1. The lowest BCUT2D eigenvalue weighted by Crippen LogP contribution is -2.54. The average Bonchev–Trinajstić information content (AvgIpc) is 2.65. The Labute approximate surface area is 173 Å². The molecule has 2 aromatic carbocycles. The minimum absolute atomic E-state index is 0.0252. The van der Waals surface area contributed by atoms with Gasteiger partial charge in [-0.2, -0.15) is 0 Å². The molecule has 1 aliphatic heterocycles. The molecule has 28 heavy (non-hydrogen) atoms. The van der Waals surface area contributed by atoms with Crippen molar-refractivity contribution in [3.05, 3.63) is 64.2 Å². The Morgan fingerprint density at radius 1 is 1.14 bits per heavy atom. The van der Waals surface area contributed by atoms with Crippen LogP contribution < -0.4 is 15.0 Å². The molecule has 0 unspecified atom stereocenters. The van der Waals surface area contributed by atoms with Crippen molar-refractivity contribution in [2.45, 2.75) is 19.8 Å². The van der Waals surface area contributed by atoms with Crippen molar-refractivity contribution >= 4 is 52.5 Å². The molecule has 0 bridgehead atoms. The third-order valence-electron chi connectivity index (χ3n) is 4.41. The third-order valence-corrected chi connectivity index (χ3v) is 4.99. The molecular weight excluding hydrogens is 396 g/mol. The monoisotopic (exact) mass is 414 g/mol. The zero-order chi connectivity index (χ0) is 20.4. The van der Waals surface area contributed by atoms with Gasteiger partial charge in [0.05, 0.1) is 17.8 Å². The Hall–Kier alpha value is -2.70. The summed E-state index contributed by atoms with van der Waals surface area (Å²) in [6.07, 6.45) is 1.49. The number of amides is 2. The van der Waals surface area contributed by atoms with E-state index in [4.69, 9.17) is 28.6 Å². The van der Waals surface area contributed by atoms with Gasteiger partial charge in [0, 0.05) is 0 Å². The number of thiocarbonyl (C=S) groups is 1. The number of halogens is 1. The molecule has 0 radical (unpaired) electrons. The van der Waals surface area contributed by atoms with E-state index in [1.807, 2.05) is 24.3 Å². The van der Waals surface area contributed by atoms with Crippen molar-refractivity contribution in [1.82, 2.24) is 5.32 Å². The highest BCUT2D eigenvalue weighted by Crippen LogP contribution is 2.28.